The zero-order chi connectivity index (χ0) is 39.2. The zero-order valence-corrected chi connectivity index (χ0v) is 36.4. The third kappa shape index (κ3) is 29.1. The fourth-order valence-electron chi connectivity index (χ4n) is 7.37. The first kappa shape index (κ1) is 50.8. The fourth-order valence-corrected chi connectivity index (χ4v) is 7.37. The summed E-state index contributed by atoms with van der Waals surface area (Å²) < 4.78 is 24.7. The molecule has 0 unspecified atom stereocenters. The number of amides is 2. The van der Waals surface area contributed by atoms with E-state index >= 15 is 0 Å². The summed E-state index contributed by atoms with van der Waals surface area (Å²) in [6.07, 6.45) is 29.9. The van der Waals surface area contributed by atoms with Gasteiger partial charge in [0.2, 0.25) is 11.8 Å². The molecule has 0 N–H and O–H groups in total. The highest BCUT2D eigenvalue weighted by atomic mass is 16.5. The quantitative estimate of drug-likeness (QED) is 0.0635. The lowest BCUT2D eigenvalue weighted by Gasteiger charge is -2.32. The molecule has 8 heteroatoms. The van der Waals surface area contributed by atoms with Gasteiger partial charge in [-0.15, -0.1) is 0 Å². The lowest BCUT2D eigenvalue weighted by molar-refractivity contribution is -0.147. The van der Waals surface area contributed by atoms with E-state index in [1.54, 1.807) is 0 Å². The van der Waals surface area contributed by atoms with Crippen LogP contribution < -0.4 is 0 Å². The molecule has 0 aromatic heterocycles. The molecular weight excluding hydrogens is 677 g/mol. The predicted octanol–water partition coefficient (Wildman–Crippen LogP) is 11.5. The predicted molar refractivity (Wildman–Crippen MR) is 226 cm³/mol. The Balaban J connectivity index is 3.13. The topological polar surface area (TPSA) is 77.5 Å². The second-order valence-electron chi connectivity index (χ2n) is 16.0. The molecule has 0 aliphatic carbocycles. The summed E-state index contributed by atoms with van der Waals surface area (Å²) >= 11 is 0. The maximum absolute atomic E-state index is 14.2. The third-order valence-corrected chi connectivity index (χ3v) is 10.9. The van der Waals surface area contributed by atoms with Gasteiger partial charge in [-0.1, -0.05) is 156 Å². The van der Waals surface area contributed by atoms with Crippen molar-refractivity contribution in [3.05, 3.63) is 0 Å². The van der Waals surface area contributed by atoms with Gasteiger partial charge in [-0.2, -0.15) is 0 Å². The monoisotopic (exact) mass is 767 g/mol. The molecule has 2 atom stereocenters. The van der Waals surface area contributed by atoms with Gasteiger partial charge >= 0.3 is 0 Å². The van der Waals surface area contributed by atoms with Crippen LogP contribution in [0.2, 0.25) is 0 Å². The number of carbonyl (C=O) groups excluding carboxylic acids is 2. The van der Waals surface area contributed by atoms with Crippen LogP contribution in [0.5, 0.6) is 0 Å². The molecule has 0 aromatic carbocycles. The molecule has 1 saturated heterocycles. The van der Waals surface area contributed by atoms with E-state index in [-0.39, 0.29) is 24.7 Å². The first-order valence-corrected chi connectivity index (χ1v) is 23.5. The molecule has 1 fully saturated rings. The standard InChI is InChI=1S/C46H90N2O6/c1-5-9-13-17-21-25-31-47(32-26-22-18-14-10-6-2)45(49)41-43-44(54-38-30-36-52-40-39-51-35-29-37-53-43)42-46(50)48(33-27-23-19-15-11-7-3)34-28-24-20-16-12-8-4/h43-44H,5-42H2,1-4H3/t43-,44-/m0/s1. The number of hydrogen-bond acceptors (Lipinski definition) is 6. The number of carbonyl (C=O) groups is 2. The van der Waals surface area contributed by atoms with Crippen LogP contribution in [0, 0.1) is 0 Å². The van der Waals surface area contributed by atoms with Crippen molar-refractivity contribution >= 4 is 11.8 Å². The highest BCUT2D eigenvalue weighted by Crippen LogP contribution is 2.20. The molecule has 0 radical (unpaired) electrons. The van der Waals surface area contributed by atoms with E-state index in [0.29, 0.717) is 39.6 Å². The molecule has 54 heavy (non-hydrogen) atoms. The highest BCUT2D eigenvalue weighted by molar-refractivity contribution is 5.78. The van der Waals surface area contributed by atoms with Crippen molar-refractivity contribution in [1.29, 1.82) is 0 Å². The average Bonchev–Trinajstić information content (AvgIpc) is 3.17. The Labute approximate surface area is 334 Å². The van der Waals surface area contributed by atoms with Crippen molar-refractivity contribution in [3.63, 3.8) is 0 Å². The van der Waals surface area contributed by atoms with Gasteiger partial charge in [-0.25, -0.2) is 0 Å². The van der Waals surface area contributed by atoms with Crippen molar-refractivity contribution < 1.29 is 28.5 Å². The van der Waals surface area contributed by atoms with E-state index < -0.39 is 12.2 Å². The van der Waals surface area contributed by atoms with Gasteiger partial charge < -0.3 is 28.7 Å². The van der Waals surface area contributed by atoms with Crippen LogP contribution in [0.25, 0.3) is 0 Å². The van der Waals surface area contributed by atoms with Gasteiger partial charge in [0.15, 0.2) is 0 Å². The molecule has 2 amide bonds. The lowest BCUT2D eigenvalue weighted by Crippen LogP contribution is -2.43. The van der Waals surface area contributed by atoms with E-state index in [2.05, 4.69) is 37.5 Å². The SMILES string of the molecule is CCCCCCCCN(CCCCCCCC)C(=O)C[C@@H]1OCCCOCCOCCCO[C@H]1CC(=O)N(CCCCCCCC)CCCCCCCC. The summed E-state index contributed by atoms with van der Waals surface area (Å²) in [6.45, 7) is 15.5. The van der Waals surface area contributed by atoms with Crippen molar-refractivity contribution in [2.24, 2.45) is 0 Å². The number of ether oxygens (including phenoxy) is 4. The van der Waals surface area contributed by atoms with Crippen molar-refractivity contribution in [2.75, 3.05) is 65.8 Å². The maximum atomic E-state index is 14.2. The molecule has 0 bridgehead atoms. The van der Waals surface area contributed by atoms with Crippen LogP contribution >= 0.6 is 0 Å². The van der Waals surface area contributed by atoms with Crippen LogP contribution in [-0.4, -0.2) is 99.6 Å². The molecule has 320 valence electrons. The van der Waals surface area contributed by atoms with Crippen LogP contribution in [0.3, 0.4) is 0 Å². The van der Waals surface area contributed by atoms with E-state index in [1.807, 2.05) is 0 Å². The Kier molecular flexibility index (Phi) is 36.4. The molecule has 1 heterocycles. The zero-order valence-electron chi connectivity index (χ0n) is 36.4. The van der Waals surface area contributed by atoms with E-state index in [9.17, 15) is 9.59 Å². The number of rotatable bonds is 32. The summed E-state index contributed by atoms with van der Waals surface area (Å²) in [7, 11) is 0. The molecule has 1 rings (SSSR count). The number of nitrogens with zero attached hydrogens (tertiary/aromatic N) is 2. The first-order valence-electron chi connectivity index (χ1n) is 23.5. The smallest absolute Gasteiger partial charge is 0.225 e. The van der Waals surface area contributed by atoms with Crippen LogP contribution in [-0.2, 0) is 28.5 Å². The summed E-state index contributed by atoms with van der Waals surface area (Å²) in [5, 5.41) is 0. The Morgan fingerprint density at radius 3 is 0.963 bits per heavy atom. The van der Waals surface area contributed by atoms with E-state index in [4.69, 9.17) is 18.9 Å². The van der Waals surface area contributed by atoms with Crippen molar-refractivity contribution in [1.82, 2.24) is 9.80 Å². The van der Waals surface area contributed by atoms with Crippen molar-refractivity contribution in [3.8, 4) is 0 Å². The second-order valence-corrected chi connectivity index (χ2v) is 16.0. The minimum Gasteiger partial charge on any atom is -0.379 e. The van der Waals surface area contributed by atoms with E-state index in [0.717, 1.165) is 90.4 Å². The van der Waals surface area contributed by atoms with E-state index in [1.165, 1.54) is 103 Å². The molecule has 0 saturated carbocycles. The Bertz CT molecular complexity index is 731. The van der Waals surface area contributed by atoms with Gasteiger partial charge in [0.05, 0.1) is 38.3 Å². The first-order chi connectivity index (χ1) is 26.6. The molecule has 0 spiro atoms. The van der Waals surface area contributed by atoms with Gasteiger partial charge in [-0.3, -0.25) is 9.59 Å². The van der Waals surface area contributed by atoms with Crippen LogP contribution in [0.15, 0.2) is 0 Å². The summed E-state index contributed by atoms with van der Waals surface area (Å²) in [6, 6.07) is 0. The summed E-state index contributed by atoms with van der Waals surface area (Å²) in [4.78, 5) is 32.7. The number of unbranched alkanes of at least 4 members (excludes halogenated alkanes) is 20. The van der Waals surface area contributed by atoms with Gasteiger partial charge in [0.25, 0.3) is 0 Å². The fraction of sp³-hybridized carbons (Fsp3) is 0.957. The Morgan fingerprint density at radius 2 is 0.667 bits per heavy atom. The Morgan fingerprint density at radius 1 is 0.389 bits per heavy atom. The normalized spacial score (nSPS) is 17.6. The van der Waals surface area contributed by atoms with Crippen molar-refractivity contribution in [2.45, 2.75) is 220 Å². The Hall–Kier alpha value is -1.22. The molecule has 1 aliphatic heterocycles. The lowest BCUT2D eigenvalue weighted by atomic mass is 10.0. The van der Waals surface area contributed by atoms with Crippen LogP contribution in [0.1, 0.15) is 207 Å². The molecular formula is C46H90N2O6. The maximum Gasteiger partial charge on any atom is 0.225 e. The summed E-state index contributed by atoms with van der Waals surface area (Å²) in [5.74, 6) is 0.278. The summed E-state index contributed by atoms with van der Waals surface area (Å²) in [5.41, 5.74) is 0. The molecule has 8 nitrogen and oxygen atoms in total. The minimum atomic E-state index is -0.480. The molecule has 0 aromatic rings. The minimum absolute atomic E-state index is 0.139. The molecule has 1 aliphatic rings. The van der Waals surface area contributed by atoms with Gasteiger partial charge in [0.1, 0.15) is 0 Å². The van der Waals surface area contributed by atoms with Gasteiger partial charge in [0, 0.05) is 52.6 Å². The highest BCUT2D eigenvalue weighted by Gasteiger charge is 2.31. The number of hydrogen-bond donors (Lipinski definition) is 0. The van der Waals surface area contributed by atoms with Gasteiger partial charge in [-0.05, 0) is 38.5 Å². The largest absolute Gasteiger partial charge is 0.379 e. The average molecular weight is 767 g/mol. The van der Waals surface area contributed by atoms with Crippen LogP contribution in [0.4, 0.5) is 0 Å². The second kappa shape index (κ2) is 38.6. The third-order valence-electron chi connectivity index (χ3n) is 10.9.